The molecule has 9 heteroatoms. The number of anilines is 1. The third-order valence-electron chi connectivity index (χ3n) is 4.06. The number of fused-ring (bicyclic) bond motifs is 1. The summed E-state index contributed by atoms with van der Waals surface area (Å²) in [5.74, 6) is 0.633. The fourth-order valence-electron chi connectivity index (χ4n) is 2.75. The van der Waals surface area contributed by atoms with Crippen molar-refractivity contribution in [3.05, 3.63) is 41.0 Å². The molecule has 1 amide bonds. The Morgan fingerprint density at radius 1 is 1.28 bits per heavy atom. The fraction of sp³-hybridized carbons (Fsp3) is 0.400. The van der Waals surface area contributed by atoms with Crippen LogP contribution in [0.15, 0.2) is 35.6 Å². The van der Waals surface area contributed by atoms with E-state index in [1.807, 2.05) is 0 Å². The van der Waals surface area contributed by atoms with Crippen LogP contribution in [0, 0.1) is 0 Å². The molecule has 0 radical (unpaired) electrons. The number of carbonyl (C=O) groups excluding carboxylic acids is 1. The van der Waals surface area contributed by atoms with Gasteiger partial charge in [-0.25, -0.2) is 14.6 Å². The highest BCUT2D eigenvalue weighted by molar-refractivity contribution is 7.99. The van der Waals surface area contributed by atoms with Gasteiger partial charge in [0.25, 0.3) is 5.91 Å². The molecule has 0 atom stereocenters. The zero-order valence-corrected chi connectivity index (χ0v) is 18.3. The van der Waals surface area contributed by atoms with Gasteiger partial charge in [0.1, 0.15) is 5.82 Å². The molecule has 0 fully saturated rings. The highest BCUT2D eigenvalue weighted by Gasteiger charge is 2.14. The molecule has 0 bridgehead atoms. The maximum Gasteiger partial charge on any atom is 0.251 e. The van der Waals surface area contributed by atoms with Gasteiger partial charge in [-0.05, 0) is 24.6 Å². The Kier molecular flexibility index (Phi) is 7.33. The number of hydrogen-bond acceptors (Lipinski definition) is 6. The molecule has 0 unspecified atom stereocenters. The van der Waals surface area contributed by atoms with E-state index in [0.29, 0.717) is 28.9 Å². The summed E-state index contributed by atoms with van der Waals surface area (Å²) >= 11 is 7.57. The summed E-state index contributed by atoms with van der Waals surface area (Å²) in [6.07, 6.45) is 2.78. The Morgan fingerprint density at radius 3 is 2.83 bits per heavy atom. The normalized spacial score (nSPS) is 11.2. The Labute approximate surface area is 179 Å². The number of aromatic nitrogens is 4. The van der Waals surface area contributed by atoms with Crippen molar-refractivity contribution in [3.8, 4) is 0 Å². The van der Waals surface area contributed by atoms with E-state index >= 15 is 0 Å². The lowest BCUT2D eigenvalue weighted by atomic mass is 10.2. The van der Waals surface area contributed by atoms with Crippen molar-refractivity contribution in [2.75, 3.05) is 18.4 Å². The molecule has 0 aliphatic carbocycles. The van der Waals surface area contributed by atoms with E-state index in [0.717, 1.165) is 35.0 Å². The van der Waals surface area contributed by atoms with Crippen molar-refractivity contribution in [2.45, 2.75) is 44.1 Å². The van der Waals surface area contributed by atoms with Gasteiger partial charge in [0.05, 0.1) is 18.1 Å². The molecular formula is C20H25ClN6OS. The molecule has 2 N–H and O–H groups in total. The van der Waals surface area contributed by atoms with Crippen molar-refractivity contribution < 1.29 is 4.79 Å². The topological polar surface area (TPSA) is 84.7 Å². The van der Waals surface area contributed by atoms with Crippen molar-refractivity contribution in [1.82, 2.24) is 25.1 Å². The molecule has 0 aliphatic rings. The molecule has 154 valence electrons. The molecule has 0 saturated heterocycles. The maximum absolute atomic E-state index is 12.3. The largest absolute Gasteiger partial charge is 0.369 e. The van der Waals surface area contributed by atoms with Crippen LogP contribution in [0.3, 0.4) is 0 Å². The number of rotatable bonds is 9. The summed E-state index contributed by atoms with van der Waals surface area (Å²) in [6.45, 7) is 8.10. The molecule has 0 aliphatic heterocycles. The Bertz CT molecular complexity index is 990. The number of nitrogens with zero attached hydrogens (tertiary/aromatic N) is 4. The van der Waals surface area contributed by atoms with Crippen LogP contribution in [0.4, 0.5) is 5.82 Å². The van der Waals surface area contributed by atoms with Gasteiger partial charge >= 0.3 is 0 Å². The molecule has 0 saturated carbocycles. The zero-order chi connectivity index (χ0) is 20.8. The monoisotopic (exact) mass is 432 g/mol. The van der Waals surface area contributed by atoms with Gasteiger partial charge in [-0.1, -0.05) is 50.2 Å². The summed E-state index contributed by atoms with van der Waals surface area (Å²) in [4.78, 5) is 21.6. The second-order valence-corrected chi connectivity index (χ2v) is 8.80. The van der Waals surface area contributed by atoms with E-state index in [4.69, 9.17) is 16.6 Å². The summed E-state index contributed by atoms with van der Waals surface area (Å²) in [7, 11) is 0. The zero-order valence-electron chi connectivity index (χ0n) is 16.8. The second-order valence-electron chi connectivity index (χ2n) is 6.82. The molecular weight excluding hydrogens is 408 g/mol. The van der Waals surface area contributed by atoms with E-state index < -0.39 is 0 Å². The summed E-state index contributed by atoms with van der Waals surface area (Å²) in [6, 6.07) is 6.88. The van der Waals surface area contributed by atoms with Gasteiger partial charge in [0, 0.05) is 28.9 Å². The minimum absolute atomic E-state index is 0.167. The summed E-state index contributed by atoms with van der Waals surface area (Å²) in [5, 5.41) is 13.2. The first-order valence-electron chi connectivity index (χ1n) is 9.65. The molecule has 0 spiro atoms. The van der Waals surface area contributed by atoms with Crippen molar-refractivity contribution in [3.63, 3.8) is 0 Å². The number of amides is 1. The van der Waals surface area contributed by atoms with E-state index in [1.54, 1.807) is 46.9 Å². The number of benzene rings is 1. The number of halogens is 1. The predicted octanol–water partition coefficient (Wildman–Crippen LogP) is 4.23. The Balaban J connectivity index is 1.75. The van der Waals surface area contributed by atoms with Crippen LogP contribution in [0.5, 0.6) is 0 Å². The molecule has 3 rings (SSSR count). The predicted molar refractivity (Wildman–Crippen MR) is 119 cm³/mol. The van der Waals surface area contributed by atoms with Gasteiger partial charge in [0.2, 0.25) is 0 Å². The maximum atomic E-state index is 12.3. The quantitative estimate of drug-likeness (QED) is 0.388. The molecule has 3 aromatic rings. The van der Waals surface area contributed by atoms with Gasteiger partial charge in [-0.15, -0.1) is 0 Å². The lowest BCUT2D eigenvalue weighted by Gasteiger charge is -2.10. The number of nitrogens with one attached hydrogen (secondary N) is 2. The highest BCUT2D eigenvalue weighted by atomic mass is 35.5. The molecule has 7 nitrogen and oxygen atoms in total. The van der Waals surface area contributed by atoms with Gasteiger partial charge in [-0.3, -0.25) is 4.79 Å². The van der Waals surface area contributed by atoms with E-state index in [-0.39, 0.29) is 5.91 Å². The first-order valence-corrected chi connectivity index (χ1v) is 10.9. The highest BCUT2D eigenvalue weighted by Crippen LogP contribution is 2.26. The fourth-order valence-corrected chi connectivity index (χ4v) is 3.64. The molecule has 29 heavy (non-hydrogen) atoms. The van der Waals surface area contributed by atoms with E-state index in [9.17, 15) is 4.79 Å². The smallest absolute Gasteiger partial charge is 0.251 e. The van der Waals surface area contributed by atoms with Crippen LogP contribution in [0.1, 0.15) is 37.6 Å². The Morgan fingerprint density at radius 2 is 2.10 bits per heavy atom. The average molecular weight is 433 g/mol. The minimum atomic E-state index is -0.167. The first-order chi connectivity index (χ1) is 14.0. The molecule has 2 aromatic heterocycles. The van der Waals surface area contributed by atoms with Crippen LogP contribution >= 0.6 is 23.4 Å². The van der Waals surface area contributed by atoms with Gasteiger partial charge in [0.15, 0.2) is 10.8 Å². The SMILES string of the molecule is CCCNc1nc(SC(C)C)nc2c1cnn2CCNC(=O)c1cccc(Cl)c1. The third-order valence-corrected chi connectivity index (χ3v) is 5.16. The van der Waals surface area contributed by atoms with Crippen LogP contribution in [-0.4, -0.2) is 44.0 Å². The van der Waals surface area contributed by atoms with Gasteiger partial charge in [-0.2, -0.15) is 5.10 Å². The first kappa shape index (κ1) is 21.4. The van der Waals surface area contributed by atoms with Gasteiger partial charge < -0.3 is 10.6 Å². The van der Waals surface area contributed by atoms with Crippen molar-refractivity contribution in [2.24, 2.45) is 0 Å². The van der Waals surface area contributed by atoms with Crippen molar-refractivity contribution >= 4 is 46.1 Å². The third kappa shape index (κ3) is 5.61. The minimum Gasteiger partial charge on any atom is -0.369 e. The second kappa shape index (κ2) is 9.93. The lowest BCUT2D eigenvalue weighted by molar-refractivity contribution is 0.0952. The lowest BCUT2D eigenvalue weighted by Crippen LogP contribution is -2.27. The van der Waals surface area contributed by atoms with E-state index in [1.165, 1.54) is 0 Å². The van der Waals surface area contributed by atoms with Crippen LogP contribution in [-0.2, 0) is 6.54 Å². The summed E-state index contributed by atoms with van der Waals surface area (Å²) in [5.41, 5.74) is 1.30. The van der Waals surface area contributed by atoms with E-state index in [2.05, 4.69) is 41.5 Å². The number of carbonyl (C=O) groups is 1. The number of hydrogen-bond donors (Lipinski definition) is 2. The molecule has 2 heterocycles. The number of thioether (sulfide) groups is 1. The average Bonchev–Trinajstić information content (AvgIpc) is 3.08. The Hall–Kier alpha value is -2.32. The summed E-state index contributed by atoms with van der Waals surface area (Å²) < 4.78 is 1.80. The van der Waals surface area contributed by atoms with Crippen LogP contribution in [0.2, 0.25) is 5.02 Å². The molecule has 1 aromatic carbocycles. The standard InChI is InChI=1S/C20H25ClN6OS/c1-4-8-22-17-16-12-24-27(18(16)26-20(25-17)29-13(2)3)10-9-23-19(28)14-6-5-7-15(21)11-14/h5-7,11-13H,4,8-10H2,1-3H3,(H,23,28)(H,22,25,26). The van der Waals surface area contributed by atoms with Crippen LogP contribution < -0.4 is 10.6 Å². The van der Waals surface area contributed by atoms with Crippen LogP contribution in [0.25, 0.3) is 11.0 Å². The van der Waals surface area contributed by atoms with Crippen molar-refractivity contribution in [1.29, 1.82) is 0 Å².